The Morgan fingerprint density at radius 1 is 1.03 bits per heavy atom. The molecule has 1 fully saturated rings. The van der Waals surface area contributed by atoms with Crippen molar-refractivity contribution in [3.05, 3.63) is 53.6 Å². The van der Waals surface area contributed by atoms with Crippen LogP contribution in [0.5, 0.6) is 11.5 Å². The molecule has 2 aromatic rings. The van der Waals surface area contributed by atoms with Crippen LogP contribution in [-0.2, 0) is 10.0 Å². The van der Waals surface area contributed by atoms with Crippen LogP contribution >= 0.6 is 0 Å². The number of rotatable bonds is 9. The molecule has 0 saturated carbocycles. The average Bonchev–Trinajstić information content (AvgIpc) is 3.34. The molecule has 2 aromatic carbocycles. The fraction of sp³-hybridized carbons (Fsp3) is 0.458. The van der Waals surface area contributed by atoms with E-state index in [0.29, 0.717) is 24.8 Å². The maximum Gasteiger partial charge on any atom is 0.255 e. The van der Waals surface area contributed by atoms with Crippen LogP contribution in [0.1, 0.15) is 55.1 Å². The van der Waals surface area contributed by atoms with E-state index in [9.17, 15) is 13.2 Å². The summed E-state index contributed by atoms with van der Waals surface area (Å²) in [6.07, 6.45) is 2.43. The van der Waals surface area contributed by atoms with E-state index in [1.165, 1.54) is 23.5 Å². The molecule has 8 heteroatoms. The lowest BCUT2D eigenvalue weighted by Gasteiger charge is -2.22. The van der Waals surface area contributed by atoms with Crippen molar-refractivity contribution >= 4 is 15.9 Å². The summed E-state index contributed by atoms with van der Waals surface area (Å²) in [5, 5.41) is 3.07. The normalized spacial score (nSPS) is 15.5. The van der Waals surface area contributed by atoms with Gasteiger partial charge in [-0.1, -0.05) is 26.0 Å². The van der Waals surface area contributed by atoms with Crippen molar-refractivity contribution in [2.75, 3.05) is 27.3 Å². The van der Waals surface area contributed by atoms with Crippen LogP contribution in [0.15, 0.2) is 47.4 Å². The fourth-order valence-electron chi connectivity index (χ4n) is 3.92. The number of nitrogens with one attached hydrogen (secondary N) is 1. The van der Waals surface area contributed by atoms with E-state index in [-0.39, 0.29) is 22.4 Å². The molecule has 1 aliphatic heterocycles. The molecule has 7 nitrogen and oxygen atoms in total. The van der Waals surface area contributed by atoms with Crippen molar-refractivity contribution in [2.45, 2.75) is 44.0 Å². The fourth-order valence-corrected chi connectivity index (χ4v) is 5.47. The molecule has 1 aliphatic rings. The van der Waals surface area contributed by atoms with Gasteiger partial charge in [-0.25, -0.2) is 8.42 Å². The summed E-state index contributed by atoms with van der Waals surface area (Å²) in [5.41, 5.74) is 1.16. The summed E-state index contributed by atoms with van der Waals surface area (Å²) >= 11 is 0. The quantitative estimate of drug-likeness (QED) is 0.611. The third-order valence-electron chi connectivity index (χ3n) is 5.65. The van der Waals surface area contributed by atoms with Crippen LogP contribution in [0, 0.1) is 5.92 Å². The maximum absolute atomic E-state index is 13.3. The van der Waals surface area contributed by atoms with Crippen molar-refractivity contribution in [3.63, 3.8) is 0 Å². The number of hydrogen-bond donors (Lipinski definition) is 1. The molecule has 32 heavy (non-hydrogen) atoms. The van der Waals surface area contributed by atoms with Crippen molar-refractivity contribution in [1.82, 2.24) is 9.62 Å². The molecule has 0 unspecified atom stereocenters. The first-order valence-electron chi connectivity index (χ1n) is 10.9. The maximum atomic E-state index is 13.3. The number of amides is 1. The van der Waals surface area contributed by atoms with Gasteiger partial charge in [0.05, 0.1) is 30.7 Å². The van der Waals surface area contributed by atoms with Gasteiger partial charge in [0, 0.05) is 13.1 Å². The van der Waals surface area contributed by atoms with Gasteiger partial charge in [-0.15, -0.1) is 0 Å². The van der Waals surface area contributed by atoms with Gasteiger partial charge in [0.15, 0.2) is 0 Å². The van der Waals surface area contributed by atoms with Crippen LogP contribution in [-0.4, -0.2) is 45.9 Å². The summed E-state index contributed by atoms with van der Waals surface area (Å²) in [4.78, 5) is 13.4. The van der Waals surface area contributed by atoms with Gasteiger partial charge in [0.25, 0.3) is 5.91 Å². The van der Waals surface area contributed by atoms with Gasteiger partial charge in [-0.05, 0) is 61.1 Å². The van der Waals surface area contributed by atoms with Gasteiger partial charge >= 0.3 is 0 Å². The van der Waals surface area contributed by atoms with Crippen molar-refractivity contribution in [1.29, 1.82) is 0 Å². The molecular weight excluding hydrogens is 428 g/mol. The second kappa shape index (κ2) is 10.4. The van der Waals surface area contributed by atoms with Crippen LogP contribution in [0.3, 0.4) is 0 Å². The average molecular weight is 461 g/mol. The number of nitrogens with zero attached hydrogens (tertiary/aromatic N) is 1. The number of carbonyl (C=O) groups is 1. The first-order valence-corrected chi connectivity index (χ1v) is 12.3. The van der Waals surface area contributed by atoms with E-state index in [2.05, 4.69) is 19.2 Å². The number of ether oxygens (including phenoxy) is 2. The topological polar surface area (TPSA) is 84.9 Å². The smallest absolute Gasteiger partial charge is 0.255 e. The van der Waals surface area contributed by atoms with Crippen molar-refractivity contribution in [2.24, 2.45) is 5.92 Å². The standard InChI is InChI=1S/C24H32N2O5S/c1-17(2)15-22(18-7-9-19(30-3)10-8-18)25-24(27)21-16-20(11-12-23(21)31-4)32(28,29)26-13-5-6-14-26/h7-12,16-17,22H,5-6,13-15H2,1-4H3,(H,25,27)/t22-/m1/s1. The molecule has 0 aromatic heterocycles. The lowest BCUT2D eigenvalue weighted by atomic mass is 9.96. The lowest BCUT2D eigenvalue weighted by Crippen LogP contribution is -2.31. The van der Waals surface area contributed by atoms with Crippen LogP contribution < -0.4 is 14.8 Å². The Morgan fingerprint density at radius 3 is 2.25 bits per heavy atom. The predicted octanol–water partition coefficient (Wildman–Crippen LogP) is 4.01. The van der Waals surface area contributed by atoms with E-state index < -0.39 is 10.0 Å². The molecule has 1 atom stereocenters. The lowest BCUT2D eigenvalue weighted by molar-refractivity contribution is 0.0928. The van der Waals surface area contributed by atoms with E-state index in [1.807, 2.05) is 24.3 Å². The SMILES string of the molecule is COc1ccc([C@@H](CC(C)C)NC(=O)c2cc(S(=O)(=O)N3CCCC3)ccc2OC)cc1. The molecule has 174 valence electrons. The van der Waals surface area contributed by atoms with Gasteiger partial charge in [-0.2, -0.15) is 4.31 Å². The van der Waals surface area contributed by atoms with Crippen molar-refractivity contribution in [3.8, 4) is 11.5 Å². The highest BCUT2D eigenvalue weighted by molar-refractivity contribution is 7.89. The monoisotopic (exact) mass is 460 g/mol. The molecule has 0 aliphatic carbocycles. The van der Waals surface area contributed by atoms with E-state index in [1.54, 1.807) is 13.2 Å². The largest absolute Gasteiger partial charge is 0.497 e. The second-order valence-electron chi connectivity index (χ2n) is 8.40. The molecule has 1 heterocycles. The highest BCUT2D eigenvalue weighted by Crippen LogP contribution is 2.29. The number of hydrogen-bond acceptors (Lipinski definition) is 5. The zero-order valence-corrected chi connectivity index (χ0v) is 19.9. The third-order valence-corrected chi connectivity index (χ3v) is 7.54. The highest BCUT2D eigenvalue weighted by atomic mass is 32.2. The zero-order chi connectivity index (χ0) is 23.3. The molecule has 3 rings (SSSR count). The first-order chi connectivity index (χ1) is 15.3. The molecule has 1 saturated heterocycles. The summed E-state index contributed by atoms with van der Waals surface area (Å²) in [7, 11) is -0.566. The van der Waals surface area contributed by atoms with Crippen LogP contribution in [0.2, 0.25) is 0 Å². The van der Waals surface area contributed by atoms with E-state index in [4.69, 9.17) is 9.47 Å². The van der Waals surface area contributed by atoms with E-state index in [0.717, 1.165) is 30.6 Å². The molecule has 0 spiro atoms. The number of carbonyl (C=O) groups excluding carboxylic acids is 1. The van der Waals surface area contributed by atoms with Gasteiger partial charge in [0.2, 0.25) is 10.0 Å². The highest BCUT2D eigenvalue weighted by Gasteiger charge is 2.29. The number of benzene rings is 2. The van der Waals surface area contributed by atoms with E-state index >= 15 is 0 Å². The summed E-state index contributed by atoms with van der Waals surface area (Å²) in [5.74, 6) is 1.04. The van der Waals surface area contributed by atoms with Crippen molar-refractivity contribution < 1.29 is 22.7 Å². The minimum Gasteiger partial charge on any atom is -0.497 e. The Morgan fingerprint density at radius 2 is 1.69 bits per heavy atom. The third kappa shape index (κ3) is 5.42. The minimum absolute atomic E-state index is 0.107. The van der Waals surface area contributed by atoms with Gasteiger partial charge in [-0.3, -0.25) is 4.79 Å². The summed E-state index contributed by atoms with van der Waals surface area (Å²) in [6.45, 7) is 5.19. The Balaban J connectivity index is 1.91. The predicted molar refractivity (Wildman–Crippen MR) is 124 cm³/mol. The summed E-state index contributed by atoms with van der Waals surface area (Å²) < 4.78 is 38.1. The Labute approximate surface area is 190 Å². The minimum atomic E-state index is -3.64. The molecule has 1 amide bonds. The summed E-state index contributed by atoms with van der Waals surface area (Å²) in [6, 6.07) is 11.8. The Kier molecular flexibility index (Phi) is 7.79. The molecule has 0 bridgehead atoms. The Bertz CT molecular complexity index is 1030. The number of sulfonamides is 1. The zero-order valence-electron chi connectivity index (χ0n) is 19.1. The molecule has 0 radical (unpaired) electrons. The first kappa shape index (κ1) is 24.1. The van der Waals surface area contributed by atoms with Crippen LogP contribution in [0.4, 0.5) is 0 Å². The second-order valence-corrected chi connectivity index (χ2v) is 10.3. The Hall–Kier alpha value is -2.58. The van der Waals surface area contributed by atoms with Gasteiger partial charge < -0.3 is 14.8 Å². The molecular formula is C24H32N2O5S. The van der Waals surface area contributed by atoms with Gasteiger partial charge in [0.1, 0.15) is 11.5 Å². The number of methoxy groups -OCH3 is 2. The van der Waals surface area contributed by atoms with Crippen LogP contribution in [0.25, 0.3) is 0 Å². The molecule has 1 N–H and O–H groups in total.